The van der Waals surface area contributed by atoms with Gasteiger partial charge in [0.25, 0.3) is 0 Å². The summed E-state index contributed by atoms with van der Waals surface area (Å²) in [6.45, 7) is 6.67. The molecule has 0 saturated carbocycles. The summed E-state index contributed by atoms with van der Waals surface area (Å²) in [6, 6.07) is 0. The zero-order valence-electron chi connectivity index (χ0n) is 51.7. The van der Waals surface area contributed by atoms with Gasteiger partial charge in [0.05, 0.1) is 0 Å². The third-order valence-electron chi connectivity index (χ3n) is 15.3. The molecule has 0 radical (unpaired) electrons. The standard InChI is InChI=1S/C71H130O6/c1-4-7-10-13-16-19-22-25-28-31-34-35-36-37-38-41-43-46-49-52-55-58-61-64-70(73)76-67-68(77-71(74)65-62-59-56-53-50-47-44-40-33-30-27-24-21-18-15-12-9-6-3)66-75-69(72)63-60-57-54-51-48-45-42-39-32-29-26-23-20-17-14-11-8-5-2/h21,24,29-34,68H,4-20,22-23,25-28,35-67H2,1-3H3/b24-21-,32-29-,33-30-,34-31-. The number of rotatable bonds is 63. The van der Waals surface area contributed by atoms with Crippen LogP contribution in [0.3, 0.4) is 0 Å². The zero-order chi connectivity index (χ0) is 55.7. The largest absolute Gasteiger partial charge is 0.462 e. The average molecular weight is 1080 g/mol. The lowest BCUT2D eigenvalue weighted by molar-refractivity contribution is -0.167. The maximum absolute atomic E-state index is 12.9. The summed E-state index contributed by atoms with van der Waals surface area (Å²) in [5, 5.41) is 0. The SMILES string of the molecule is CCCCCC/C=C\C/C=C\CCCCCCCCCC(=O)OC(COC(=O)CCCCCCCCC/C=C\CCCCCCCCC)COC(=O)CCCCCCCCCCCCC/C=C\CCCCCCCCCC. The molecule has 0 aromatic rings. The number of allylic oxidation sites excluding steroid dienone is 8. The lowest BCUT2D eigenvalue weighted by Gasteiger charge is -2.18. The number of ether oxygens (including phenoxy) is 3. The van der Waals surface area contributed by atoms with Gasteiger partial charge in [-0.3, -0.25) is 14.4 Å². The molecule has 1 atom stereocenters. The highest BCUT2D eigenvalue weighted by Crippen LogP contribution is 2.17. The molecule has 6 nitrogen and oxygen atoms in total. The van der Waals surface area contributed by atoms with Crippen LogP contribution in [-0.4, -0.2) is 37.2 Å². The number of unbranched alkanes of at least 4 members (excludes halogenated alkanes) is 44. The molecule has 0 amide bonds. The van der Waals surface area contributed by atoms with Crippen molar-refractivity contribution in [1.29, 1.82) is 0 Å². The topological polar surface area (TPSA) is 78.9 Å². The molecular formula is C71H130O6. The fourth-order valence-corrected chi connectivity index (χ4v) is 10.1. The van der Waals surface area contributed by atoms with Crippen LogP contribution in [0.2, 0.25) is 0 Å². The molecule has 0 spiro atoms. The first kappa shape index (κ1) is 74.4. The monoisotopic (exact) mass is 1080 g/mol. The zero-order valence-corrected chi connectivity index (χ0v) is 51.7. The van der Waals surface area contributed by atoms with Crippen molar-refractivity contribution in [3.05, 3.63) is 48.6 Å². The summed E-state index contributed by atoms with van der Waals surface area (Å²) in [6.07, 6.45) is 82.6. The van der Waals surface area contributed by atoms with Gasteiger partial charge in [0.1, 0.15) is 13.2 Å². The fraction of sp³-hybridized carbons (Fsp3) is 0.845. The second-order valence-corrected chi connectivity index (χ2v) is 23.1. The van der Waals surface area contributed by atoms with Gasteiger partial charge in [-0.15, -0.1) is 0 Å². The number of hydrogen-bond acceptors (Lipinski definition) is 6. The predicted molar refractivity (Wildman–Crippen MR) is 335 cm³/mol. The van der Waals surface area contributed by atoms with Gasteiger partial charge in [0.2, 0.25) is 0 Å². The first-order valence-electron chi connectivity index (χ1n) is 34.1. The first-order chi connectivity index (χ1) is 38.0. The van der Waals surface area contributed by atoms with E-state index in [0.29, 0.717) is 19.3 Å². The van der Waals surface area contributed by atoms with E-state index in [1.54, 1.807) is 0 Å². The van der Waals surface area contributed by atoms with Crippen molar-refractivity contribution in [2.24, 2.45) is 0 Å². The van der Waals surface area contributed by atoms with Crippen molar-refractivity contribution in [2.75, 3.05) is 13.2 Å². The molecule has 0 rings (SSSR count). The molecule has 0 fully saturated rings. The molecule has 0 aliphatic rings. The van der Waals surface area contributed by atoms with Gasteiger partial charge in [-0.25, -0.2) is 0 Å². The lowest BCUT2D eigenvalue weighted by atomic mass is 10.0. The summed E-state index contributed by atoms with van der Waals surface area (Å²) in [7, 11) is 0. The first-order valence-corrected chi connectivity index (χ1v) is 34.1. The van der Waals surface area contributed by atoms with Crippen LogP contribution in [0.4, 0.5) is 0 Å². The molecule has 450 valence electrons. The van der Waals surface area contributed by atoms with E-state index in [-0.39, 0.29) is 31.1 Å². The molecule has 0 aliphatic carbocycles. The van der Waals surface area contributed by atoms with Crippen LogP contribution < -0.4 is 0 Å². The maximum Gasteiger partial charge on any atom is 0.306 e. The molecule has 0 saturated heterocycles. The minimum Gasteiger partial charge on any atom is -0.462 e. The Hall–Kier alpha value is -2.63. The molecule has 0 heterocycles. The normalized spacial score (nSPS) is 12.3. The van der Waals surface area contributed by atoms with Gasteiger partial charge in [0.15, 0.2) is 6.10 Å². The van der Waals surface area contributed by atoms with Crippen LogP contribution in [0.5, 0.6) is 0 Å². The molecule has 0 aliphatic heterocycles. The molecular weight excluding hydrogens is 949 g/mol. The van der Waals surface area contributed by atoms with E-state index in [1.807, 2.05) is 0 Å². The molecule has 0 N–H and O–H groups in total. The summed E-state index contributed by atoms with van der Waals surface area (Å²) in [5.74, 6) is -0.865. The van der Waals surface area contributed by atoms with Crippen molar-refractivity contribution in [2.45, 2.75) is 374 Å². The minimum atomic E-state index is -0.780. The van der Waals surface area contributed by atoms with Gasteiger partial charge in [0, 0.05) is 19.3 Å². The summed E-state index contributed by atoms with van der Waals surface area (Å²) < 4.78 is 17.0. The van der Waals surface area contributed by atoms with Gasteiger partial charge in [-0.05, 0) is 103 Å². The highest BCUT2D eigenvalue weighted by atomic mass is 16.6. The van der Waals surface area contributed by atoms with Gasteiger partial charge in [-0.2, -0.15) is 0 Å². The second-order valence-electron chi connectivity index (χ2n) is 23.1. The van der Waals surface area contributed by atoms with Crippen LogP contribution in [-0.2, 0) is 28.6 Å². The minimum absolute atomic E-state index is 0.0755. The van der Waals surface area contributed by atoms with Crippen molar-refractivity contribution in [3.63, 3.8) is 0 Å². The molecule has 0 bridgehead atoms. The quantitative estimate of drug-likeness (QED) is 0.0261. The maximum atomic E-state index is 12.9. The van der Waals surface area contributed by atoms with E-state index >= 15 is 0 Å². The number of esters is 3. The van der Waals surface area contributed by atoms with E-state index in [4.69, 9.17) is 14.2 Å². The third kappa shape index (κ3) is 64.1. The molecule has 77 heavy (non-hydrogen) atoms. The van der Waals surface area contributed by atoms with Crippen molar-refractivity contribution in [1.82, 2.24) is 0 Å². The number of carbonyl (C=O) groups excluding carboxylic acids is 3. The smallest absolute Gasteiger partial charge is 0.306 e. The Morgan fingerprint density at radius 3 is 0.740 bits per heavy atom. The highest BCUT2D eigenvalue weighted by molar-refractivity contribution is 5.71. The Morgan fingerprint density at radius 2 is 0.468 bits per heavy atom. The second kappa shape index (κ2) is 65.9. The van der Waals surface area contributed by atoms with E-state index in [2.05, 4.69) is 69.4 Å². The van der Waals surface area contributed by atoms with E-state index in [1.165, 1.54) is 257 Å². The van der Waals surface area contributed by atoms with Crippen molar-refractivity contribution in [3.8, 4) is 0 Å². The van der Waals surface area contributed by atoms with Crippen LogP contribution >= 0.6 is 0 Å². The molecule has 6 heteroatoms. The Bertz CT molecular complexity index is 1330. The Kier molecular flexibility index (Phi) is 63.6. The number of hydrogen-bond donors (Lipinski definition) is 0. The predicted octanol–water partition coefficient (Wildman–Crippen LogP) is 23.3. The van der Waals surface area contributed by atoms with Crippen LogP contribution in [0, 0.1) is 0 Å². The van der Waals surface area contributed by atoms with E-state index < -0.39 is 6.10 Å². The lowest BCUT2D eigenvalue weighted by Crippen LogP contribution is -2.30. The highest BCUT2D eigenvalue weighted by Gasteiger charge is 2.19. The third-order valence-corrected chi connectivity index (χ3v) is 15.3. The molecule has 0 aromatic carbocycles. The summed E-state index contributed by atoms with van der Waals surface area (Å²) in [4.78, 5) is 38.4. The Labute approximate surface area is 479 Å². The number of carbonyl (C=O) groups is 3. The fourth-order valence-electron chi connectivity index (χ4n) is 10.1. The van der Waals surface area contributed by atoms with Crippen LogP contribution in [0.15, 0.2) is 48.6 Å². The summed E-state index contributed by atoms with van der Waals surface area (Å²) in [5.41, 5.74) is 0. The van der Waals surface area contributed by atoms with Crippen molar-refractivity contribution < 1.29 is 28.6 Å². The van der Waals surface area contributed by atoms with Gasteiger partial charge in [-0.1, -0.05) is 294 Å². The molecule has 0 aromatic heterocycles. The van der Waals surface area contributed by atoms with Gasteiger partial charge >= 0.3 is 17.9 Å². The van der Waals surface area contributed by atoms with Crippen molar-refractivity contribution >= 4 is 17.9 Å². The Morgan fingerprint density at radius 1 is 0.260 bits per heavy atom. The average Bonchev–Trinajstić information content (AvgIpc) is 3.43. The summed E-state index contributed by atoms with van der Waals surface area (Å²) >= 11 is 0. The van der Waals surface area contributed by atoms with Crippen LogP contribution in [0.25, 0.3) is 0 Å². The van der Waals surface area contributed by atoms with E-state index in [9.17, 15) is 14.4 Å². The molecule has 1 unspecified atom stereocenters. The van der Waals surface area contributed by atoms with Crippen LogP contribution in [0.1, 0.15) is 367 Å². The Balaban J connectivity index is 4.33. The van der Waals surface area contributed by atoms with E-state index in [0.717, 1.165) is 70.6 Å². The van der Waals surface area contributed by atoms with Gasteiger partial charge < -0.3 is 14.2 Å².